The average Bonchev–Trinajstić information content (AvgIpc) is 3.20. The highest BCUT2D eigenvalue weighted by atomic mass is 79.9. The van der Waals surface area contributed by atoms with Crippen LogP contribution in [0.3, 0.4) is 0 Å². The molecular weight excluding hydrogens is 570 g/mol. The SMILES string of the molecule is CC[C@H](C)NC(=O)[C@@H](Cc1ccccc1)N(Cc1cccc(Br)c1)C(=O)CCCN1C(=O)c2ccccc2C1=O. The summed E-state index contributed by atoms with van der Waals surface area (Å²) in [5.41, 5.74) is 2.61. The molecule has 0 aromatic heterocycles. The van der Waals surface area contributed by atoms with Crippen molar-refractivity contribution in [3.63, 3.8) is 0 Å². The van der Waals surface area contributed by atoms with Crippen LogP contribution in [0.15, 0.2) is 83.3 Å². The monoisotopic (exact) mass is 603 g/mol. The Morgan fingerprint density at radius 3 is 2.15 bits per heavy atom. The topological polar surface area (TPSA) is 86.8 Å². The van der Waals surface area contributed by atoms with Gasteiger partial charge in [0.05, 0.1) is 11.1 Å². The maximum Gasteiger partial charge on any atom is 0.261 e. The van der Waals surface area contributed by atoms with Crippen LogP contribution in [0.2, 0.25) is 0 Å². The highest BCUT2D eigenvalue weighted by Gasteiger charge is 2.35. The van der Waals surface area contributed by atoms with Gasteiger partial charge in [0.1, 0.15) is 6.04 Å². The lowest BCUT2D eigenvalue weighted by molar-refractivity contribution is -0.141. The second-order valence-electron chi connectivity index (χ2n) is 10.1. The zero-order valence-corrected chi connectivity index (χ0v) is 24.4. The molecule has 0 bridgehead atoms. The van der Waals surface area contributed by atoms with Crippen LogP contribution in [0.1, 0.15) is 65.0 Å². The van der Waals surface area contributed by atoms with Gasteiger partial charge in [0.15, 0.2) is 0 Å². The lowest BCUT2D eigenvalue weighted by atomic mass is 10.0. The second-order valence-corrected chi connectivity index (χ2v) is 11.0. The highest BCUT2D eigenvalue weighted by molar-refractivity contribution is 9.10. The maximum atomic E-state index is 13.8. The summed E-state index contributed by atoms with van der Waals surface area (Å²) < 4.78 is 0.881. The van der Waals surface area contributed by atoms with Gasteiger partial charge in [-0.05, 0) is 55.2 Å². The van der Waals surface area contributed by atoms with Gasteiger partial charge in [-0.3, -0.25) is 24.1 Å². The Morgan fingerprint density at radius 1 is 0.900 bits per heavy atom. The van der Waals surface area contributed by atoms with E-state index in [1.165, 1.54) is 4.90 Å². The van der Waals surface area contributed by atoms with E-state index in [4.69, 9.17) is 0 Å². The molecule has 1 heterocycles. The third-order valence-electron chi connectivity index (χ3n) is 7.16. The predicted octanol–water partition coefficient (Wildman–Crippen LogP) is 5.38. The van der Waals surface area contributed by atoms with Crippen LogP contribution >= 0.6 is 15.9 Å². The van der Waals surface area contributed by atoms with Crippen LogP contribution in [0.4, 0.5) is 0 Å². The van der Waals surface area contributed by atoms with E-state index >= 15 is 0 Å². The van der Waals surface area contributed by atoms with Crippen LogP contribution in [0, 0.1) is 0 Å². The normalized spacial score (nSPS) is 14.0. The summed E-state index contributed by atoms with van der Waals surface area (Å²) in [6.45, 7) is 4.32. The Hall–Kier alpha value is -3.78. The molecule has 1 aliphatic rings. The lowest BCUT2D eigenvalue weighted by Gasteiger charge is -2.32. The minimum atomic E-state index is -0.734. The van der Waals surface area contributed by atoms with E-state index in [0.717, 1.165) is 22.0 Å². The Kier molecular flexibility index (Phi) is 9.88. The van der Waals surface area contributed by atoms with E-state index in [2.05, 4.69) is 21.2 Å². The first-order valence-electron chi connectivity index (χ1n) is 13.6. The first-order chi connectivity index (χ1) is 19.3. The van der Waals surface area contributed by atoms with Crippen molar-refractivity contribution in [3.05, 3.63) is 106 Å². The Morgan fingerprint density at radius 2 is 1.52 bits per heavy atom. The number of imide groups is 1. The van der Waals surface area contributed by atoms with Crippen molar-refractivity contribution in [2.45, 2.75) is 58.2 Å². The Balaban J connectivity index is 1.55. The average molecular weight is 605 g/mol. The van der Waals surface area contributed by atoms with Gasteiger partial charge in [-0.2, -0.15) is 0 Å². The summed E-state index contributed by atoms with van der Waals surface area (Å²) in [4.78, 5) is 55.8. The molecule has 0 radical (unpaired) electrons. The zero-order chi connectivity index (χ0) is 28.6. The number of nitrogens with one attached hydrogen (secondary N) is 1. The number of rotatable bonds is 12. The quantitative estimate of drug-likeness (QED) is 0.282. The Bertz CT molecular complexity index is 1340. The number of amides is 4. The van der Waals surface area contributed by atoms with Gasteiger partial charge in [-0.25, -0.2) is 0 Å². The summed E-state index contributed by atoms with van der Waals surface area (Å²) in [5.74, 6) is -1.10. The zero-order valence-electron chi connectivity index (χ0n) is 22.8. The number of fused-ring (bicyclic) bond motifs is 1. The van der Waals surface area contributed by atoms with E-state index < -0.39 is 6.04 Å². The molecule has 1 aliphatic heterocycles. The molecule has 7 nitrogen and oxygen atoms in total. The predicted molar refractivity (Wildman–Crippen MR) is 158 cm³/mol. The molecule has 0 aliphatic carbocycles. The third-order valence-corrected chi connectivity index (χ3v) is 7.66. The van der Waals surface area contributed by atoms with E-state index in [1.54, 1.807) is 29.2 Å². The third kappa shape index (κ3) is 7.04. The molecule has 0 saturated heterocycles. The molecule has 0 saturated carbocycles. The molecule has 0 unspecified atom stereocenters. The maximum absolute atomic E-state index is 13.8. The first-order valence-corrected chi connectivity index (χ1v) is 14.4. The molecular formula is C32H34BrN3O4. The highest BCUT2D eigenvalue weighted by Crippen LogP contribution is 2.24. The number of benzene rings is 3. The van der Waals surface area contributed by atoms with E-state index in [9.17, 15) is 19.2 Å². The molecule has 3 aromatic rings. The van der Waals surface area contributed by atoms with Crippen LogP contribution in [0.25, 0.3) is 0 Å². The van der Waals surface area contributed by atoms with Crippen molar-refractivity contribution >= 4 is 39.6 Å². The number of carbonyl (C=O) groups excluding carboxylic acids is 4. The molecule has 4 amide bonds. The number of halogens is 1. The molecule has 0 spiro atoms. The smallest absolute Gasteiger partial charge is 0.261 e. The molecule has 2 atom stereocenters. The van der Waals surface area contributed by atoms with Gasteiger partial charge in [-0.1, -0.05) is 77.5 Å². The van der Waals surface area contributed by atoms with Crippen molar-refractivity contribution in [2.24, 2.45) is 0 Å². The molecule has 1 N–H and O–H groups in total. The van der Waals surface area contributed by atoms with Crippen LogP contribution in [0.5, 0.6) is 0 Å². The van der Waals surface area contributed by atoms with Crippen molar-refractivity contribution < 1.29 is 19.2 Å². The lowest BCUT2D eigenvalue weighted by Crippen LogP contribution is -2.52. The van der Waals surface area contributed by atoms with Crippen molar-refractivity contribution in [1.82, 2.24) is 15.1 Å². The summed E-state index contributed by atoms with van der Waals surface area (Å²) in [6.07, 6.45) is 1.51. The van der Waals surface area contributed by atoms with Gasteiger partial charge in [0.2, 0.25) is 11.8 Å². The molecule has 8 heteroatoms. The summed E-state index contributed by atoms with van der Waals surface area (Å²) in [7, 11) is 0. The van der Waals surface area contributed by atoms with Crippen molar-refractivity contribution in [3.8, 4) is 0 Å². The van der Waals surface area contributed by atoms with Crippen molar-refractivity contribution in [2.75, 3.05) is 6.54 Å². The summed E-state index contributed by atoms with van der Waals surface area (Å²) in [6, 6.07) is 23.3. The van der Waals surface area contributed by atoms with Gasteiger partial charge < -0.3 is 10.2 Å². The second kappa shape index (κ2) is 13.5. The number of hydrogen-bond donors (Lipinski definition) is 1. The molecule has 4 rings (SSSR count). The van der Waals surface area contributed by atoms with Gasteiger partial charge in [0, 0.05) is 36.4 Å². The number of carbonyl (C=O) groups is 4. The number of hydrogen-bond acceptors (Lipinski definition) is 4. The fourth-order valence-corrected chi connectivity index (χ4v) is 5.25. The number of nitrogens with zero attached hydrogens (tertiary/aromatic N) is 2. The van der Waals surface area contributed by atoms with Crippen LogP contribution in [-0.4, -0.2) is 52.1 Å². The molecule has 0 fully saturated rings. The van der Waals surface area contributed by atoms with E-state index in [1.807, 2.05) is 68.4 Å². The molecule has 208 valence electrons. The molecule has 3 aromatic carbocycles. The summed E-state index contributed by atoms with van der Waals surface area (Å²) >= 11 is 3.50. The van der Waals surface area contributed by atoms with Crippen LogP contribution in [-0.2, 0) is 22.6 Å². The first kappa shape index (κ1) is 29.2. The minimum Gasteiger partial charge on any atom is -0.352 e. The van der Waals surface area contributed by atoms with E-state index in [0.29, 0.717) is 24.0 Å². The standard InChI is InChI=1S/C32H34BrN3O4/c1-3-22(2)34-30(38)28(20-23-11-5-4-6-12-23)36(21-24-13-9-14-25(33)19-24)29(37)17-10-18-35-31(39)26-15-7-8-16-27(26)32(35)40/h4-9,11-16,19,22,28H,3,10,17-18,20-21H2,1-2H3,(H,34,38)/t22-,28+/m0/s1. The fraction of sp³-hybridized carbons (Fsp3) is 0.312. The Labute approximate surface area is 243 Å². The van der Waals surface area contributed by atoms with Gasteiger partial charge >= 0.3 is 0 Å². The minimum absolute atomic E-state index is 0.0394. The molecule has 40 heavy (non-hydrogen) atoms. The van der Waals surface area contributed by atoms with Gasteiger partial charge in [0.25, 0.3) is 11.8 Å². The largest absolute Gasteiger partial charge is 0.352 e. The summed E-state index contributed by atoms with van der Waals surface area (Å²) in [5, 5.41) is 3.07. The van der Waals surface area contributed by atoms with Gasteiger partial charge in [-0.15, -0.1) is 0 Å². The van der Waals surface area contributed by atoms with Crippen LogP contribution < -0.4 is 5.32 Å². The van der Waals surface area contributed by atoms with E-state index in [-0.39, 0.29) is 49.2 Å². The fourth-order valence-electron chi connectivity index (χ4n) is 4.80. The van der Waals surface area contributed by atoms with Crippen molar-refractivity contribution in [1.29, 1.82) is 0 Å².